The number of aromatic nitrogens is 2. The largest absolute Gasteiger partial charge is 0.479 e. The van der Waals surface area contributed by atoms with E-state index in [1.54, 1.807) is 18.7 Å². The van der Waals surface area contributed by atoms with Crippen LogP contribution in [0.3, 0.4) is 0 Å². The number of thioether (sulfide) groups is 1. The summed E-state index contributed by atoms with van der Waals surface area (Å²) in [7, 11) is 0. The van der Waals surface area contributed by atoms with Crippen LogP contribution in [0.5, 0.6) is 5.75 Å². The van der Waals surface area contributed by atoms with Crippen molar-refractivity contribution in [2.45, 2.75) is 57.4 Å². The van der Waals surface area contributed by atoms with Crippen molar-refractivity contribution in [1.82, 2.24) is 9.97 Å². The highest BCUT2D eigenvalue weighted by atomic mass is 32.2. The number of hydrogen-bond acceptors (Lipinski definition) is 6. The molecule has 168 valence electrons. The minimum atomic E-state index is -0.693. The fourth-order valence-corrected chi connectivity index (χ4v) is 3.84. The molecule has 5 nitrogen and oxygen atoms in total. The first-order valence-electron chi connectivity index (χ1n) is 11.1. The monoisotopic (exact) mass is 450 g/mol. The standard InChI is InChI=1S/C26H30N2O3S/c1-3-4-5-9-16-32-26-27-17-23(18-28-26)22-12-14-24(15-13-22)31-20(2)25(29)30-19-21-10-7-6-8-11-21/h6-8,10-15,17-18,20H,3-5,9,16,19H2,1-2H3/t20-/m1/s1. The van der Waals surface area contributed by atoms with Crippen molar-refractivity contribution >= 4 is 17.7 Å². The molecule has 0 bridgehead atoms. The van der Waals surface area contributed by atoms with Crippen LogP contribution < -0.4 is 4.74 Å². The number of rotatable bonds is 12. The van der Waals surface area contributed by atoms with E-state index in [-0.39, 0.29) is 6.61 Å². The van der Waals surface area contributed by atoms with Gasteiger partial charge in [0, 0.05) is 23.7 Å². The van der Waals surface area contributed by atoms with Gasteiger partial charge in [-0.25, -0.2) is 14.8 Å². The van der Waals surface area contributed by atoms with Crippen molar-refractivity contribution in [2.24, 2.45) is 0 Å². The Kier molecular flexibility index (Phi) is 9.57. The number of carbonyl (C=O) groups is 1. The quantitative estimate of drug-likeness (QED) is 0.139. The molecule has 32 heavy (non-hydrogen) atoms. The summed E-state index contributed by atoms with van der Waals surface area (Å²) >= 11 is 1.70. The fraction of sp³-hybridized carbons (Fsp3) is 0.346. The van der Waals surface area contributed by atoms with Crippen LogP contribution in [0, 0.1) is 0 Å². The summed E-state index contributed by atoms with van der Waals surface area (Å²) in [5.74, 6) is 1.27. The Hall–Kier alpha value is -2.86. The molecular weight excluding hydrogens is 420 g/mol. The van der Waals surface area contributed by atoms with Crippen LogP contribution in [-0.2, 0) is 16.1 Å². The second kappa shape index (κ2) is 12.9. The normalized spacial score (nSPS) is 11.7. The number of nitrogens with zero attached hydrogens (tertiary/aromatic N) is 2. The summed E-state index contributed by atoms with van der Waals surface area (Å²) in [6.07, 6.45) is 8.00. The second-order valence-electron chi connectivity index (χ2n) is 7.54. The molecule has 0 saturated heterocycles. The zero-order valence-electron chi connectivity index (χ0n) is 18.7. The molecule has 0 aliphatic rings. The molecule has 0 saturated carbocycles. The van der Waals surface area contributed by atoms with Crippen LogP contribution in [0.4, 0.5) is 0 Å². The predicted octanol–water partition coefficient (Wildman–Crippen LogP) is 6.33. The Labute approximate surface area is 194 Å². The summed E-state index contributed by atoms with van der Waals surface area (Å²) in [5, 5.41) is 0.813. The van der Waals surface area contributed by atoms with Crippen molar-refractivity contribution < 1.29 is 14.3 Å². The lowest BCUT2D eigenvalue weighted by atomic mass is 10.1. The highest BCUT2D eigenvalue weighted by Gasteiger charge is 2.16. The van der Waals surface area contributed by atoms with E-state index in [0.29, 0.717) is 5.75 Å². The van der Waals surface area contributed by atoms with Crippen molar-refractivity contribution in [3.05, 3.63) is 72.6 Å². The third kappa shape index (κ3) is 7.68. The molecule has 0 N–H and O–H groups in total. The molecule has 0 amide bonds. The lowest BCUT2D eigenvalue weighted by Gasteiger charge is -2.14. The van der Waals surface area contributed by atoms with Gasteiger partial charge in [0.1, 0.15) is 12.4 Å². The SMILES string of the molecule is CCCCCCSc1ncc(-c2ccc(O[C@H](C)C(=O)OCc3ccccc3)cc2)cn1. The molecule has 0 spiro atoms. The van der Waals surface area contributed by atoms with Crippen molar-refractivity contribution in [3.8, 4) is 16.9 Å². The maximum Gasteiger partial charge on any atom is 0.347 e. The zero-order valence-corrected chi connectivity index (χ0v) is 19.5. The van der Waals surface area contributed by atoms with Gasteiger partial charge in [0.05, 0.1) is 0 Å². The molecular formula is C26H30N2O3S. The van der Waals surface area contributed by atoms with Gasteiger partial charge in [-0.3, -0.25) is 0 Å². The van der Waals surface area contributed by atoms with Gasteiger partial charge >= 0.3 is 5.97 Å². The van der Waals surface area contributed by atoms with E-state index in [2.05, 4.69) is 16.9 Å². The Morgan fingerprint density at radius 2 is 1.66 bits per heavy atom. The van der Waals surface area contributed by atoms with Crippen LogP contribution in [0.1, 0.15) is 45.1 Å². The molecule has 2 aromatic carbocycles. The van der Waals surface area contributed by atoms with Crippen molar-refractivity contribution in [1.29, 1.82) is 0 Å². The maximum atomic E-state index is 12.2. The summed E-state index contributed by atoms with van der Waals surface area (Å²) in [4.78, 5) is 21.1. The predicted molar refractivity (Wildman–Crippen MR) is 129 cm³/mol. The molecule has 3 rings (SSSR count). The molecule has 0 fully saturated rings. The summed E-state index contributed by atoms with van der Waals surface area (Å²) in [6, 6.07) is 17.1. The average Bonchev–Trinajstić information content (AvgIpc) is 2.84. The topological polar surface area (TPSA) is 61.3 Å². The van der Waals surface area contributed by atoms with E-state index >= 15 is 0 Å². The van der Waals surface area contributed by atoms with Crippen molar-refractivity contribution in [3.63, 3.8) is 0 Å². The van der Waals surface area contributed by atoms with Gasteiger partial charge in [0.2, 0.25) is 0 Å². The van der Waals surface area contributed by atoms with Crippen LogP contribution in [-0.4, -0.2) is 27.8 Å². The minimum absolute atomic E-state index is 0.235. The number of esters is 1. The van der Waals surface area contributed by atoms with E-state index in [1.165, 1.54) is 25.7 Å². The van der Waals surface area contributed by atoms with Gasteiger partial charge in [-0.2, -0.15) is 0 Å². The van der Waals surface area contributed by atoms with Gasteiger partial charge in [0.25, 0.3) is 0 Å². The van der Waals surface area contributed by atoms with Gasteiger partial charge in [-0.1, -0.05) is 80.4 Å². The van der Waals surface area contributed by atoms with E-state index in [9.17, 15) is 4.79 Å². The number of benzene rings is 2. The molecule has 1 aromatic heterocycles. The van der Waals surface area contributed by atoms with Gasteiger partial charge in [-0.05, 0) is 36.6 Å². The van der Waals surface area contributed by atoms with E-state index in [4.69, 9.17) is 9.47 Å². The molecule has 6 heteroatoms. The molecule has 0 unspecified atom stereocenters. The highest BCUT2D eigenvalue weighted by molar-refractivity contribution is 7.99. The number of unbranched alkanes of at least 4 members (excludes halogenated alkanes) is 3. The Morgan fingerprint density at radius 1 is 0.938 bits per heavy atom. The first-order chi connectivity index (χ1) is 15.7. The number of ether oxygens (including phenoxy) is 2. The Bertz CT molecular complexity index is 947. The van der Waals surface area contributed by atoms with Crippen LogP contribution in [0.25, 0.3) is 11.1 Å². The molecule has 0 aliphatic heterocycles. The van der Waals surface area contributed by atoms with E-state index in [1.807, 2.05) is 67.0 Å². The lowest BCUT2D eigenvalue weighted by molar-refractivity contribution is -0.152. The van der Waals surface area contributed by atoms with Crippen molar-refractivity contribution in [2.75, 3.05) is 5.75 Å². The lowest BCUT2D eigenvalue weighted by Crippen LogP contribution is -2.26. The summed E-state index contributed by atoms with van der Waals surface area (Å²) in [6.45, 7) is 4.14. The number of carbonyl (C=O) groups excluding carboxylic acids is 1. The third-order valence-electron chi connectivity index (χ3n) is 4.91. The average molecular weight is 451 g/mol. The smallest absolute Gasteiger partial charge is 0.347 e. The van der Waals surface area contributed by atoms with Crippen LogP contribution in [0.15, 0.2) is 72.1 Å². The van der Waals surface area contributed by atoms with Crippen LogP contribution >= 0.6 is 11.8 Å². The highest BCUT2D eigenvalue weighted by Crippen LogP contribution is 2.24. The van der Waals surface area contributed by atoms with E-state index < -0.39 is 12.1 Å². The van der Waals surface area contributed by atoms with Crippen LogP contribution in [0.2, 0.25) is 0 Å². The molecule has 1 atom stereocenters. The zero-order chi connectivity index (χ0) is 22.6. The third-order valence-corrected chi connectivity index (χ3v) is 5.88. The minimum Gasteiger partial charge on any atom is -0.479 e. The maximum absolute atomic E-state index is 12.2. The van der Waals surface area contributed by atoms with Gasteiger partial charge in [0.15, 0.2) is 11.3 Å². The first-order valence-corrected chi connectivity index (χ1v) is 12.1. The second-order valence-corrected chi connectivity index (χ2v) is 8.60. The summed E-state index contributed by atoms with van der Waals surface area (Å²) in [5.41, 5.74) is 2.89. The molecule has 0 aliphatic carbocycles. The summed E-state index contributed by atoms with van der Waals surface area (Å²) < 4.78 is 11.1. The molecule has 3 aromatic rings. The van der Waals surface area contributed by atoms with Gasteiger partial charge in [-0.15, -0.1) is 0 Å². The number of hydrogen-bond donors (Lipinski definition) is 0. The first kappa shape index (κ1) is 23.8. The fourth-order valence-electron chi connectivity index (χ4n) is 3.06. The molecule has 0 radical (unpaired) electrons. The molecule has 1 heterocycles. The Balaban J connectivity index is 1.47. The van der Waals surface area contributed by atoms with Gasteiger partial charge < -0.3 is 9.47 Å². The van der Waals surface area contributed by atoms with E-state index in [0.717, 1.165) is 27.6 Å². The Morgan fingerprint density at radius 3 is 2.34 bits per heavy atom.